The van der Waals surface area contributed by atoms with Gasteiger partial charge in [0.15, 0.2) is 5.82 Å². The fourth-order valence-corrected chi connectivity index (χ4v) is 7.29. The standard InChI is InChI=1S/C33H37F2N5O2/c1-4-27-26-10-9-20(16-36-26)40(27)31-24-15-25(34)28(23-14-21(41)13-19-7-5-6-8-22(19)23)29(35)30(24)37-32(38-31)42-18-33(11-12-33)17-39(2)3/h5-8,13-15,20,26-27,36,41H,4,9-12,16-18H2,1-3H3/t20-,26?,27?/m0/s1. The minimum atomic E-state index is -0.781. The first-order valence-electron chi connectivity index (χ1n) is 15.0. The van der Waals surface area contributed by atoms with E-state index in [0.29, 0.717) is 28.6 Å². The first-order valence-corrected chi connectivity index (χ1v) is 15.0. The second kappa shape index (κ2) is 10.3. The van der Waals surface area contributed by atoms with Crippen molar-refractivity contribution in [1.29, 1.82) is 0 Å². The molecule has 7 nitrogen and oxygen atoms in total. The molecule has 1 aliphatic carbocycles. The summed E-state index contributed by atoms with van der Waals surface area (Å²) in [6.07, 6.45) is 5.04. The van der Waals surface area contributed by atoms with Crippen LogP contribution in [-0.2, 0) is 0 Å². The lowest BCUT2D eigenvalue weighted by molar-refractivity contribution is 0.182. The van der Waals surface area contributed by atoms with E-state index in [-0.39, 0.29) is 51.9 Å². The summed E-state index contributed by atoms with van der Waals surface area (Å²) >= 11 is 0. The quantitative estimate of drug-likeness (QED) is 0.273. The summed E-state index contributed by atoms with van der Waals surface area (Å²) in [5.74, 6) is -1.03. The van der Waals surface area contributed by atoms with Gasteiger partial charge in [-0.25, -0.2) is 8.78 Å². The minimum Gasteiger partial charge on any atom is -0.508 e. The molecule has 3 aliphatic heterocycles. The van der Waals surface area contributed by atoms with E-state index < -0.39 is 11.6 Å². The monoisotopic (exact) mass is 573 g/mol. The molecule has 3 atom stereocenters. The van der Waals surface area contributed by atoms with E-state index in [1.807, 2.05) is 32.3 Å². The predicted octanol–water partition coefficient (Wildman–Crippen LogP) is 5.87. The molecule has 4 aliphatic rings. The highest BCUT2D eigenvalue weighted by Crippen LogP contribution is 2.47. The van der Waals surface area contributed by atoms with Crippen LogP contribution in [0.4, 0.5) is 14.6 Å². The molecule has 2 bridgehead atoms. The second-order valence-corrected chi connectivity index (χ2v) is 12.6. The molecule has 1 saturated carbocycles. The van der Waals surface area contributed by atoms with Crippen LogP contribution in [0.25, 0.3) is 32.8 Å². The molecule has 1 aromatic heterocycles. The van der Waals surface area contributed by atoms with Crippen LogP contribution in [0.1, 0.15) is 39.0 Å². The van der Waals surface area contributed by atoms with Crippen LogP contribution in [0.5, 0.6) is 11.8 Å². The number of phenolic OH excluding ortho intramolecular Hbond substituents is 1. The number of nitrogens with one attached hydrogen (secondary N) is 1. The Morgan fingerprint density at radius 3 is 2.62 bits per heavy atom. The third-order valence-corrected chi connectivity index (χ3v) is 9.38. The summed E-state index contributed by atoms with van der Waals surface area (Å²) in [6, 6.07) is 12.3. The van der Waals surface area contributed by atoms with Gasteiger partial charge in [-0.2, -0.15) is 9.97 Å². The highest BCUT2D eigenvalue weighted by Gasteiger charge is 2.45. The van der Waals surface area contributed by atoms with Crippen LogP contribution in [0, 0.1) is 17.0 Å². The number of anilines is 1. The Hall–Kier alpha value is -3.56. The molecular formula is C33H37F2N5O2. The van der Waals surface area contributed by atoms with Gasteiger partial charge in [-0.3, -0.25) is 0 Å². The van der Waals surface area contributed by atoms with E-state index in [1.165, 1.54) is 12.1 Å². The Kier molecular flexibility index (Phi) is 6.70. The second-order valence-electron chi connectivity index (χ2n) is 12.6. The fraction of sp³-hybridized carbons (Fsp3) is 0.455. The van der Waals surface area contributed by atoms with Gasteiger partial charge in [-0.05, 0) is 80.7 Å². The maximum Gasteiger partial charge on any atom is 0.319 e. The van der Waals surface area contributed by atoms with Crippen molar-refractivity contribution in [1.82, 2.24) is 20.2 Å². The van der Waals surface area contributed by atoms with Crippen LogP contribution < -0.4 is 15.0 Å². The molecule has 9 heteroatoms. The van der Waals surface area contributed by atoms with Gasteiger partial charge < -0.3 is 25.0 Å². The number of halogens is 2. The third-order valence-electron chi connectivity index (χ3n) is 9.38. The van der Waals surface area contributed by atoms with Gasteiger partial charge in [0, 0.05) is 42.0 Å². The molecule has 8 rings (SSSR count). The lowest BCUT2D eigenvalue weighted by atomic mass is 9.85. The van der Waals surface area contributed by atoms with Crippen molar-refractivity contribution in [2.75, 3.05) is 38.7 Å². The van der Waals surface area contributed by atoms with Gasteiger partial charge >= 0.3 is 6.01 Å². The van der Waals surface area contributed by atoms with E-state index in [0.717, 1.165) is 45.2 Å². The molecule has 42 heavy (non-hydrogen) atoms. The number of rotatable bonds is 8. The van der Waals surface area contributed by atoms with Crippen molar-refractivity contribution >= 4 is 27.5 Å². The molecule has 3 aromatic carbocycles. The molecule has 3 saturated heterocycles. The SMILES string of the molecule is CCC1C2CC[C@@H](CN2)N1c1nc(OCC2(CN(C)C)CC2)nc2c(F)c(-c3cc(O)cc4ccccc34)c(F)cc12. The number of piperazine rings is 1. The lowest BCUT2D eigenvalue weighted by Crippen LogP contribution is -2.67. The van der Waals surface area contributed by atoms with E-state index in [4.69, 9.17) is 9.72 Å². The zero-order chi connectivity index (χ0) is 29.2. The van der Waals surface area contributed by atoms with Crippen molar-refractivity contribution < 1.29 is 18.6 Å². The first kappa shape index (κ1) is 27.3. The van der Waals surface area contributed by atoms with E-state index in [9.17, 15) is 5.11 Å². The minimum absolute atomic E-state index is 0.0283. The van der Waals surface area contributed by atoms with Crippen molar-refractivity contribution in [3.8, 4) is 22.9 Å². The molecule has 0 radical (unpaired) electrons. The van der Waals surface area contributed by atoms with Crippen LogP contribution in [-0.4, -0.2) is 71.9 Å². The lowest BCUT2D eigenvalue weighted by Gasteiger charge is -2.52. The number of benzene rings is 3. The van der Waals surface area contributed by atoms with Crippen LogP contribution in [0.2, 0.25) is 0 Å². The smallest absolute Gasteiger partial charge is 0.319 e. The Labute approximate surface area is 244 Å². The van der Waals surface area contributed by atoms with Crippen LogP contribution in [0.3, 0.4) is 0 Å². The Balaban J connectivity index is 1.41. The van der Waals surface area contributed by atoms with Gasteiger partial charge in [0.1, 0.15) is 22.9 Å². The summed E-state index contributed by atoms with van der Waals surface area (Å²) in [7, 11) is 4.09. The van der Waals surface area contributed by atoms with Crippen molar-refractivity contribution in [2.24, 2.45) is 5.41 Å². The summed E-state index contributed by atoms with van der Waals surface area (Å²) in [5, 5.41) is 15.8. The predicted molar refractivity (Wildman–Crippen MR) is 161 cm³/mol. The largest absolute Gasteiger partial charge is 0.508 e. The zero-order valence-electron chi connectivity index (χ0n) is 24.3. The molecular weight excluding hydrogens is 536 g/mol. The molecule has 220 valence electrons. The van der Waals surface area contributed by atoms with Crippen LogP contribution >= 0.6 is 0 Å². The third kappa shape index (κ3) is 4.63. The van der Waals surface area contributed by atoms with Gasteiger partial charge in [-0.15, -0.1) is 0 Å². The highest BCUT2D eigenvalue weighted by atomic mass is 19.1. The molecule has 4 heterocycles. The van der Waals surface area contributed by atoms with Gasteiger partial charge in [0.2, 0.25) is 0 Å². The average Bonchev–Trinajstić information content (AvgIpc) is 3.74. The first-order chi connectivity index (χ1) is 20.3. The number of aromatic nitrogens is 2. The normalized spacial score (nSPS) is 22.8. The Morgan fingerprint density at radius 1 is 1.10 bits per heavy atom. The van der Waals surface area contributed by atoms with Crippen molar-refractivity contribution in [3.63, 3.8) is 0 Å². The maximum absolute atomic E-state index is 16.7. The van der Waals surface area contributed by atoms with Crippen LogP contribution in [0.15, 0.2) is 42.5 Å². The van der Waals surface area contributed by atoms with Crippen molar-refractivity contribution in [2.45, 2.75) is 57.2 Å². The Morgan fingerprint density at radius 2 is 1.90 bits per heavy atom. The van der Waals surface area contributed by atoms with E-state index in [1.54, 1.807) is 12.1 Å². The van der Waals surface area contributed by atoms with Gasteiger partial charge in [-0.1, -0.05) is 31.2 Å². The van der Waals surface area contributed by atoms with E-state index in [2.05, 4.69) is 27.0 Å². The van der Waals surface area contributed by atoms with Gasteiger partial charge in [0.25, 0.3) is 0 Å². The number of hydrogen-bond acceptors (Lipinski definition) is 7. The molecule has 4 fully saturated rings. The maximum atomic E-state index is 16.7. The number of piperidine rings is 2. The number of fused-ring (bicyclic) bond motifs is 5. The average molecular weight is 574 g/mol. The van der Waals surface area contributed by atoms with E-state index >= 15 is 8.78 Å². The molecule has 2 unspecified atom stereocenters. The number of aromatic hydroxyl groups is 1. The Bertz CT molecular complexity index is 1670. The summed E-state index contributed by atoms with van der Waals surface area (Å²) < 4.78 is 39.1. The fourth-order valence-electron chi connectivity index (χ4n) is 7.29. The summed E-state index contributed by atoms with van der Waals surface area (Å²) in [6.45, 7) is 4.27. The summed E-state index contributed by atoms with van der Waals surface area (Å²) in [4.78, 5) is 13.9. The molecule has 2 N–H and O–H groups in total. The number of phenols is 1. The van der Waals surface area contributed by atoms with Gasteiger partial charge in [0.05, 0.1) is 12.2 Å². The number of hydrogen-bond donors (Lipinski definition) is 2. The topological polar surface area (TPSA) is 73.8 Å². The molecule has 0 amide bonds. The van der Waals surface area contributed by atoms with Crippen molar-refractivity contribution in [3.05, 3.63) is 54.1 Å². The summed E-state index contributed by atoms with van der Waals surface area (Å²) in [5.41, 5.74) is 0.126. The highest BCUT2D eigenvalue weighted by molar-refractivity contribution is 6.01. The number of nitrogens with zero attached hydrogens (tertiary/aromatic N) is 4. The zero-order valence-corrected chi connectivity index (χ0v) is 24.3. The number of ether oxygens (including phenoxy) is 1. The molecule has 0 spiro atoms. The molecule has 4 aromatic rings.